The zero-order chi connectivity index (χ0) is 11.9. The molecule has 0 bridgehead atoms. The third-order valence-electron chi connectivity index (χ3n) is 2.53. The molecular formula is C12H10Br2O2. The second-order valence-electron chi connectivity index (χ2n) is 3.53. The van der Waals surface area contributed by atoms with E-state index >= 15 is 0 Å². The van der Waals surface area contributed by atoms with Gasteiger partial charge in [0.2, 0.25) is 0 Å². The number of hydrogen-bond acceptors (Lipinski definition) is 2. The van der Waals surface area contributed by atoms with Crippen molar-refractivity contribution in [3.8, 4) is 11.5 Å². The highest BCUT2D eigenvalue weighted by Gasteiger charge is 2.13. The summed E-state index contributed by atoms with van der Waals surface area (Å²) in [5.41, 5.74) is 1.08. The molecule has 0 unspecified atom stereocenters. The van der Waals surface area contributed by atoms with Crippen molar-refractivity contribution in [2.45, 2.75) is 6.92 Å². The molecule has 0 saturated carbocycles. The summed E-state index contributed by atoms with van der Waals surface area (Å²) in [6, 6.07) is 5.67. The van der Waals surface area contributed by atoms with E-state index in [4.69, 9.17) is 4.74 Å². The molecule has 2 nitrogen and oxygen atoms in total. The van der Waals surface area contributed by atoms with E-state index in [0.717, 1.165) is 15.4 Å². The standard InChI is InChI=1S/C12H10Br2O2/c1-6-5-9(16-2)10-7(11(6)14)3-4-8(13)12(10)15/h3-5,15H,1-2H3. The Labute approximate surface area is 110 Å². The lowest BCUT2D eigenvalue weighted by Crippen LogP contribution is -1.89. The monoisotopic (exact) mass is 344 g/mol. The Morgan fingerprint density at radius 2 is 1.94 bits per heavy atom. The van der Waals surface area contributed by atoms with E-state index < -0.39 is 0 Å². The number of hydrogen-bond donors (Lipinski definition) is 1. The largest absolute Gasteiger partial charge is 0.506 e. The lowest BCUT2D eigenvalue weighted by atomic mass is 10.1. The Morgan fingerprint density at radius 1 is 1.25 bits per heavy atom. The van der Waals surface area contributed by atoms with Gasteiger partial charge < -0.3 is 9.84 Å². The molecule has 0 aliphatic carbocycles. The Hall–Kier alpha value is -0.740. The van der Waals surface area contributed by atoms with Gasteiger partial charge in [0.15, 0.2) is 0 Å². The molecule has 0 amide bonds. The molecule has 1 N–H and O–H groups in total. The fourth-order valence-electron chi connectivity index (χ4n) is 1.70. The maximum Gasteiger partial charge on any atom is 0.141 e. The van der Waals surface area contributed by atoms with Crippen molar-refractivity contribution in [3.05, 3.63) is 32.7 Å². The highest BCUT2D eigenvalue weighted by molar-refractivity contribution is 9.11. The van der Waals surface area contributed by atoms with Gasteiger partial charge in [0.05, 0.1) is 17.0 Å². The number of phenolic OH excluding ortho intramolecular Hbond substituents is 1. The van der Waals surface area contributed by atoms with Crippen molar-refractivity contribution in [2.24, 2.45) is 0 Å². The summed E-state index contributed by atoms with van der Waals surface area (Å²) in [5, 5.41) is 11.7. The number of aromatic hydroxyl groups is 1. The van der Waals surface area contributed by atoms with Crippen LogP contribution in [0.25, 0.3) is 10.8 Å². The Balaban J connectivity index is 2.99. The lowest BCUT2D eigenvalue weighted by molar-refractivity contribution is 0.415. The number of fused-ring (bicyclic) bond motifs is 1. The summed E-state index contributed by atoms with van der Waals surface area (Å²) in [7, 11) is 1.60. The van der Waals surface area contributed by atoms with Crippen molar-refractivity contribution in [3.63, 3.8) is 0 Å². The van der Waals surface area contributed by atoms with Crippen molar-refractivity contribution >= 4 is 42.6 Å². The van der Waals surface area contributed by atoms with Crippen LogP contribution in [0.5, 0.6) is 11.5 Å². The fraction of sp³-hybridized carbons (Fsp3) is 0.167. The van der Waals surface area contributed by atoms with Crippen molar-refractivity contribution in [1.29, 1.82) is 0 Å². The minimum atomic E-state index is 0.204. The average Bonchev–Trinajstić information content (AvgIpc) is 2.27. The second-order valence-corrected chi connectivity index (χ2v) is 5.18. The van der Waals surface area contributed by atoms with Crippen LogP contribution < -0.4 is 4.74 Å². The molecule has 84 valence electrons. The molecule has 0 aromatic heterocycles. The Kier molecular flexibility index (Phi) is 3.13. The van der Waals surface area contributed by atoms with Gasteiger partial charge >= 0.3 is 0 Å². The van der Waals surface area contributed by atoms with Gasteiger partial charge in [-0.2, -0.15) is 0 Å². The van der Waals surface area contributed by atoms with Crippen LogP contribution >= 0.6 is 31.9 Å². The van der Waals surface area contributed by atoms with Gasteiger partial charge in [0, 0.05) is 9.86 Å². The summed E-state index contributed by atoms with van der Waals surface area (Å²) < 4.78 is 6.94. The van der Waals surface area contributed by atoms with Crippen molar-refractivity contribution in [1.82, 2.24) is 0 Å². The van der Waals surface area contributed by atoms with Gasteiger partial charge in [-0.15, -0.1) is 0 Å². The van der Waals surface area contributed by atoms with Crippen LogP contribution in [0.4, 0.5) is 0 Å². The fourth-order valence-corrected chi connectivity index (χ4v) is 2.48. The van der Waals surface area contributed by atoms with E-state index in [1.165, 1.54) is 0 Å². The van der Waals surface area contributed by atoms with Gasteiger partial charge in [-0.05, 0) is 56.5 Å². The van der Waals surface area contributed by atoms with Crippen LogP contribution in [-0.2, 0) is 0 Å². The molecule has 2 aromatic rings. The normalized spacial score (nSPS) is 10.8. The van der Waals surface area contributed by atoms with Gasteiger partial charge in [-0.25, -0.2) is 0 Å². The zero-order valence-electron chi connectivity index (χ0n) is 8.84. The number of ether oxygens (including phenoxy) is 1. The molecule has 0 aliphatic heterocycles. The Morgan fingerprint density at radius 3 is 2.56 bits per heavy atom. The van der Waals surface area contributed by atoms with Crippen molar-refractivity contribution < 1.29 is 9.84 Å². The summed E-state index contributed by atoms with van der Waals surface area (Å²) in [6.45, 7) is 1.99. The van der Waals surface area contributed by atoms with E-state index in [2.05, 4.69) is 31.9 Å². The number of halogens is 2. The molecular weight excluding hydrogens is 336 g/mol. The first-order valence-electron chi connectivity index (χ1n) is 4.70. The summed E-state index contributed by atoms with van der Waals surface area (Å²) in [6.07, 6.45) is 0. The quantitative estimate of drug-likeness (QED) is 0.830. The van der Waals surface area contributed by atoms with Gasteiger partial charge in [0.25, 0.3) is 0 Å². The van der Waals surface area contributed by atoms with Crippen molar-refractivity contribution in [2.75, 3.05) is 7.11 Å². The Bertz CT molecular complexity index is 565. The van der Waals surface area contributed by atoms with E-state index in [9.17, 15) is 5.11 Å². The first-order valence-corrected chi connectivity index (χ1v) is 6.29. The highest BCUT2D eigenvalue weighted by atomic mass is 79.9. The molecule has 0 spiro atoms. The van der Waals surface area contributed by atoms with E-state index in [1.54, 1.807) is 7.11 Å². The summed E-state index contributed by atoms with van der Waals surface area (Å²) in [5.74, 6) is 0.879. The van der Waals surface area contributed by atoms with Crippen LogP contribution in [0, 0.1) is 6.92 Å². The van der Waals surface area contributed by atoms with Crippen LogP contribution in [-0.4, -0.2) is 12.2 Å². The summed E-state index contributed by atoms with van der Waals surface area (Å²) in [4.78, 5) is 0. The molecule has 0 heterocycles. The van der Waals surface area contributed by atoms with E-state index in [-0.39, 0.29) is 5.75 Å². The molecule has 4 heteroatoms. The topological polar surface area (TPSA) is 29.5 Å². The second kappa shape index (κ2) is 4.26. The van der Waals surface area contributed by atoms with Crippen LogP contribution in [0.15, 0.2) is 27.1 Å². The van der Waals surface area contributed by atoms with Gasteiger partial charge in [0.1, 0.15) is 11.5 Å². The predicted molar refractivity (Wildman–Crippen MR) is 72.3 cm³/mol. The zero-order valence-corrected chi connectivity index (χ0v) is 12.0. The lowest BCUT2D eigenvalue weighted by Gasteiger charge is -2.12. The first kappa shape index (κ1) is 11.7. The first-order chi connectivity index (χ1) is 7.56. The number of benzene rings is 2. The molecule has 0 fully saturated rings. The minimum Gasteiger partial charge on any atom is -0.506 e. The average molecular weight is 346 g/mol. The number of phenols is 1. The third-order valence-corrected chi connectivity index (χ3v) is 4.22. The van der Waals surface area contributed by atoms with Gasteiger partial charge in [-0.3, -0.25) is 0 Å². The third kappa shape index (κ3) is 1.70. The molecule has 0 radical (unpaired) electrons. The van der Waals surface area contributed by atoms with Crippen LogP contribution in [0.3, 0.4) is 0 Å². The molecule has 16 heavy (non-hydrogen) atoms. The van der Waals surface area contributed by atoms with E-state index in [1.807, 2.05) is 25.1 Å². The number of aryl methyl sites for hydroxylation is 1. The molecule has 0 saturated heterocycles. The SMILES string of the molecule is COc1cc(C)c(Br)c2ccc(Br)c(O)c12. The smallest absolute Gasteiger partial charge is 0.141 e. The maximum absolute atomic E-state index is 10.0. The minimum absolute atomic E-state index is 0.204. The molecule has 2 rings (SSSR count). The summed E-state index contributed by atoms with van der Waals surface area (Å²) >= 11 is 6.82. The van der Waals surface area contributed by atoms with Gasteiger partial charge in [-0.1, -0.05) is 6.07 Å². The molecule has 0 atom stereocenters. The number of methoxy groups -OCH3 is 1. The predicted octanol–water partition coefficient (Wildman–Crippen LogP) is 4.39. The van der Waals surface area contributed by atoms with Crippen LogP contribution in [0.1, 0.15) is 5.56 Å². The maximum atomic E-state index is 10.0. The van der Waals surface area contributed by atoms with E-state index in [0.29, 0.717) is 15.6 Å². The highest BCUT2D eigenvalue weighted by Crippen LogP contribution is 2.42. The molecule has 2 aromatic carbocycles. The van der Waals surface area contributed by atoms with Crippen LogP contribution in [0.2, 0.25) is 0 Å². The molecule has 0 aliphatic rings. The number of rotatable bonds is 1.